The van der Waals surface area contributed by atoms with E-state index >= 15 is 0 Å². The third-order valence-corrected chi connectivity index (χ3v) is 4.56. The molecule has 29 heavy (non-hydrogen) atoms. The van der Waals surface area contributed by atoms with Gasteiger partial charge in [0.1, 0.15) is 5.41 Å². The van der Waals surface area contributed by atoms with Gasteiger partial charge < -0.3 is 15.4 Å². The molecule has 2 aromatic carbocycles. The Kier molecular flexibility index (Phi) is 7.95. The van der Waals surface area contributed by atoms with Crippen molar-refractivity contribution in [1.82, 2.24) is 5.32 Å². The van der Waals surface area contributed by atoms with Crippen LogP contribution in [0.4, 0.5) is 5.69 Å². The summed E-state index contributed by atoms with van der Waals surface area (Å²) in [5.74, 6) is -1.16. The third-order valence-electron chi connectivity index (χ3n) is 4.56. The van der Waals surface area contributed by atoms with Crippen molar-refractivity contribution in [2.24, 2.45) is 5.41 Å². The Balaban J connectivity index is 1.84. The maximum atomic E-state index is 12.6. The number of aryl methyl sites for hydroxylation is 1. The van der Waals surface area contributed by atoms with E-state index < -0.39 is 17.3 Å². The Hall–Kier alpha value is -3.15. The molecule has 0 radical (unpaired) electrons. The first-order chi connectivity index (χ1) is 13.8. The number of nitrogens with one attached hydrogen (secondary N) is 2. The van der Waals surface area contributed by atoms with Gasteiger partial charge in [-0.05, 0) is 63.4 Å². The number of hydrogen-bond acceptors (Lipinski definition) is 4. The van der Waals surface area contributed by atoms with Crippen molar-refractivity contribution in [3.8, 4) is 0 Å². The zero-order valence-electron chi connectivity index (χ0n) is 17.2. The normalized spacial score (nSPS) is 10.9. The van der Waals surface area contributed by atoms with Crippen molar-refractivity contribution in [3.63, 3.8) is 0 Å². The average Bonchev–Trinajstić information content (AvgIpc) is 2.72. The fourth-order valence-corrected chi connectivity index (χ4v) is 2.65. The SMILES string of the molecule is CCOC(=O)c1ccc(NC(=O)C(C)(C)C(=O)NCCCc2ccccc2)cc1. The maximum absolute atomic E-state index is 12.6. The van der Waals surface area contributed by atoms with Crippen LogP contribution < -0.4 is 10.6 Å². The van der Waals surface area contributed by atoms with Gasteiger partial charge in [-0.3, -0.25) is 9.59 Å². The van der Waals surface area contributed by atoms with Crippen molar-refractivity contribution in [2.45, 2.75) is 33.6 Å². The van der Waals surface area contributed by atoms with Crippen molar-refractivity contribution in [3.05, 3.63) is 65.7 Å². The topological polar surface area (TPSA) is 84.5 Å². The van der Waals surface area contributed by atoms with Gasteiger partial charge in [-0.15, -0.1) is 0 Å². The monoisotopic (exact) mass is 396 g/mol. The first kappa shape index (κ1) is 22.1. The zero-order valence-corrected chi connectivity index (χ0v) is 17.2. The Morgan fingerprint density at radius 1 is 0.931 bits per heavy atom. The molecule has 0 atom stereocenters. The van der Waals surface area contributed by atoms with E-state index in [-0.39, 0.29) is 5.91 Å². The van der Waals surface area contributed by atoms with Crippen LogP contribution in [0.25, 0.3) is 0 Å². The lowest BCUT2D eigenvalue weighted by molar-refractivity contribution is -0.138. The highest BCUT2D eigenvalue weighted by molar-refractivity contribution is 6.09. The van der Waals surface area contributed by atoms with Crippen LogP contribution in [0.2, 0.25) is 0 Å². The van der Waals surface area contributed by atoms with E-state index in [4.69, 9.17) is 4.74 Å². The van der Waals surface area contributed by atoms with Gasteiger partial charge in [0.25, 0.3) is 0 Å². The van der Waals surface area contributed by atoms with Crippen LogP contribution in [0.15, 0.2) is 54.6 Å². The fourth-order valence-electron chi connectivity index (χ4n) is 2.65. The molecule has 0 aromatic heterocycles. The molecule has 0 aliphatic heterocycles. The van der Waals surface area contributed by atoms with Gasteiger partial charge in [-0.2, -0.15) is 0 Å². The molecule has 0 aliphatic rings. The summed E-state index contributed by atoms with van der Waals surface area (Å²) in [6.45, 7) is 5.70. The van der Waals surface area contributed by atoms with Gasteiger partial charge in [0.2, 0.25) is 11.8 Å². The number of benzene rings is 2. The molecule has 2 N–H and O–H groups in total. The molecule has 0 bridgehead atoms. The van der Waals surface area contributed by atoms with Crippen LogP contribution in [-0.4, -0.2) is 30.9 Å². The highest BCUT2D eigenvalue weighted by Gasteiger charge is 2.35. The minimum absolute atomic E-state index is 0.298. The molecule has 6 nitrogen and oxygen atoms in total. The number of carbonyl (C=O) groups excluding carboxylic acids is 3. The molecule has 0 unspecified atom stereocenters. The molecule has 154 valence electrons. The lowest BCUT2D eigenvalue weighted by atomic mass is 9.90. The van der Waals surface area contributed by atoms with Crippen molar-refractivity contribution < 1.29 is 19.1 Å². The number of carbonyl (C=O) groups is 3. The number of rotatable bonds is 9. The molecule has 2 rings (SSSR count). The Morgan fingerprint density at radius 2 is 1.59 bits per heavy atom. The molecule has 0 fully saturated rings. The van der Waals surface area contributed by atoms with E-state index in [2.05, 4.69) is 10.6 Å². The highest BCUT2D eigenvalue weighted by Crippen LogP contribution is 2.20. The number of hydrogen-bond donors (Lipinski definition) is 2. The minimum atomic E-state index is -1.23. The van der Waals surface area contributed by atoms with E-state index in [1.165, 1.54) is 5.56 Å². The van der Waals surface area contributed by atoms with E-state index in [0.717, 1.165) is 12.8 Å². The number of esters is 1. The lowest BCUT2D eigenvalue weighted by Gasteiger charge is -2.22. The van der Waals surface area contributed by atoms with Crippen LogP contribution in [0, 0.1) is 5.41 Å². The molecular weight excluding hydrogens is 368 g/mol. The van der Waals surface area contributed by atoms with Gasteiger partial charge in [-0.1, -0.05) is 30.3 Å². The fraction of sp³-hybridized carbons (Fsp3) is 0.348. The molecule has 0 spiro atoms. The Morgan fingerprint density at radius 3 is 2.21 bits per heavy atom. The second-order valence-corrected chi connectivity index (χ2v) is 7.22. The van der Waals surface area contributed by atoms with Crippen LogP contribution in [0.5, 0.6) is 0 Å². The minimum Gasteiger partial charge on any atom is -0.462 e. The Bertz CT molecular complexity index is 830. The van der Waals surface area contributed by atoms with E-state index in [0.29, 0.717) is 24.4 Å². The van der Waals surface area contributed by atoms with Crippen molar-refractivity contribution in [2.75, 3.05) is 18.5 Å². The highest BCUT2D eigenvalue weighted by atomic mass is 16.5. The summed E-state index contributed by atoms with van der Waals surface area (Å²) in [5, 5.41) is 5.56. The quantitative estimate of drug-likeness (QED) is 0.385. The third kappa shape index (κ3) is 6.45. The molecule has 6 heteroatoms. The zero-order chi connectivity index (χ0) is 21.3. The smallest absolute Gasteiger partial charge is 0.338 e. The largest absolute Gasteiger partial charge is 0.462 e. The molecule has 0 saturated carbocycles. The van der Waals surface area contributed by atoms with E-state index in [1.54, 1.807) is 45.0 Å². The second-order valence-electron chi connectivity index (χ2n) is 7.22. The summed E-state index contributed by atoms with van der Waals surface area (Å²) in [6.07, 6.45) is 1.66. The standard InChI is InChI=1S/C23H28N2O4/c1-4-29-20(26)18-12-14-19(15-13-18)25-22(28)23(2,3)21(27)24-16-8-11-17-9-6-5-7-10-17/h5-7,9-10,12-15H,4,8,11,16H2,1-3H3,(H,24,27)(H,25,28). The number of amides is 2. The lowest BCUT2D eigenvalue weighted by Crippen LogP contribution is -2.45. The van der Waals surface area contributed by atoms with Crippen LogP contribution in [0.1, 0.15) is 43.1 Å². The second kappa shape index (κ2) is 10.4. The van der Waals surface area contributed by atoms with E-state index in [9.17, 15) is 14.4 Å². The summed E-state index contributed by atoms with van der Waals surface area (Å²) in [7, 11) is 0. The van der Waals surface area contributed by atoms with Gasteiger partial charge >= 0.3 is 5.97 Å². The van der Waals surface area contributed by atoms with Gasteiger partial charge in [0.15, 0.2) is 0 Å². The first-order valence-corrected chi connectivity index (χ1v) is 9.75. The Labute approximate surface area is 171 Å². The molecule has 0 saturated heterocycles. The predicted molar refractivity (Wildman–Crippen MR) is 113 cm³/mol. The predicted octanol–water partition coefficient (Wildman–Crippen LogP) is 3.58. The summed E-state index contributed by atoms with van der Waals surface area (Å²) in [5.41, 5.74) is 0.894. The molecular formula is C23H28N2O4. The molecule has 0 heterocycles. The van der Waals surface area contributed by atoms with Gasteiger partial charge in [0.05, 0.1) is 12.2 Å². The van der Waals surface area contributed by atoms with Crippen molar-refractivity contribution in [1.29, 1.82) is 0 Å². The van der Waals surface area contributed by atoms with Gasteiger partial charge in [-0.25, -0.2) is 4.79 Å². The summed E-state index contributed by atoms with van der Waals surface area (Å²) >= 11 is 0. The van der Waals surface area contributed by atoms with E-state index in [1.807, 2.05) is 30.3 Å². The summed E-state index contributed by atoms with van der Waals surface area (Å²) in [6, 6.07) is 16.4. The first-order valence-electron chi connectivity index (χ1n) is 9.75. The van der Waals surface area contributed by atoms with Gasteiger partial charge in [0, 0.05) is 12.2 Å². The maximum Gasteiger partial charge on any atom is 0.338 e. The molecule has 2 amide bonds. The number of ether oxygens (including phenoxy) is 1. The molecule has 0 aliphatic carbocycles. The average molecular weight is 396 g/mol. The summed E-state index contributed by atoms with van der Waals surface area (Å²) in [4.78, 5) is 36.8. The number of anilines is 1. The molecule has 2 aromatic rings. The van der Waals surface area contributed by atoms with Crippen LogP contribution >= 0.6 is 0 Å². The summed E-state index contributed by atoms with van der Waals surface area (Å²) < 4.78 is 4.93. The van der Waals surface area contributed by atoms with Crippen molar-refractivity contribution >= 4 is 23.5 Å². The van der Waals surface area contributed by atoms with Crippen LogP contribution in [0.3, 0.4) is 0 Å². The van der Waals surface area contributed by atoms with Crippen LogP contribution in [-0.2, 0) is 20.7 Å².